The van der Waals surface area contributed by atoms with E-state index in [0.29, 0.717) is 17.8 Å². The molecule has 0 aliphatic heterocycles. The molecule has 2 aromatic rings. The van der Waals surface area contributed by atoms with E-state index in [2.05, 4.69) is 10.8 Å². The van der Waals surface area contributed by atoms with Crippen LogP contribution in [0, 0.1) is 0 Å². The highest BCUT2D eigenvalue weighted by Crippen LogP contribution is 2.22. The number of aryl methyl sites for hydroxylation is 1. The standard InChI is InChI=1S/C17H22N2O3S2/c1-2-19-15-9-8-14(12-16(15)23-17(19)20)24(21,22)18-11-10-13-6-4-3-5-7-13/h6,8-9,12,18H,2-5,7,10-11H2,1H3. The fraction of sp³-hybridized carbons (Fsp3) is 0.471. The zero-order valence-corrected chi connectivity index (χ0v) is 15.4. The largest absolute Gasteiger partial charge is 0.308 e. The summed E-state index contributed by atoms with van der Waals surface area (Å²) < 4.78 is 30.0. The SMILES string of the molecule is CCn1c(=O)sc2cc(S(=O)(=O)NCCC3=CCCCC3)ccc21. The van der Waals surface area contributed by atoms with Gasteiger partial charge in [0.15, 0.2) is 0 Å². The topological polar surface area (TPSA) is 68.2 Å². The third-order valence-electron chi connectivity index (χ3n) is 4.39. The van der Waals surface area contributed by atoms with Crippen molar-refractivity contribution >= 4 is 31.6 Å². The molecule has 0 spiro atoms. The summed E-state index contributed by atoms with van der Waals surface area (Å²) in [5, 5.41) is 0. The van der Waals surface area contributed by atoms with Gasteiger partial charge in [0.05, 0.1) is 15.1 Å². The molecule has 1 aromatic heterocycles. The summed E-state index contributed by atoms with van der Waals surface area (Å²) in [5.74, 6) is 0. The summed E-state index contributed by atoms with van der Waals surface area (Å²) in [5.41, 5.74) is 2.14. The second-order valence-electron chi connectivity index (χ2n) is 6.00. The maximum atomic E-state index is 12.5. The van der Waals surface area contributed by atoms with Gasteiger partial charge in [-0.05, 0) is 57.2 Å². The highest BCUT2D eigenvalue weighted by atomic mass is 32.2. The molecule has 0 unspecified atom stereocenters. The molecule has 0 saturated carbocycles. The average Bonchev–Trinajstić information content (AvgIpc) is 2.89. The first-order valence-electron chi connectivity index (χ1n) is 8.32. The Bertz CT molecular complexity index is 923. The van der Waals surface area contributed by atoms with Crippen molar-refractivity contribution in [2.75, 3.05) is 6.54 Å². The zero-order chi connectivity index (χ0) is 17.2. The predicted octanol–water partition coefficient (Wildman–Crippen LogP) is 3.25. The van der Waals surface area contributed by atoms with Crippen LogP contribution >= 0.6 is 11.3 Å². The van der Waals surface area contributed by atoms with Crippen LogP contribution < -0.4 is 9.60 Å². The van der Waals surface area contributed by atoms with Crippen molar-refractivity contribution < 1.29 is 8.42 Å². The van der Waals surface area contributed by atoms with E-state index in [4.69, 9.17) is 0 Å². The molecule has 1 aliphatic carbocycles. The number of nitrogens with one attached hydrogen (secondary N) is 1. The van der Waals surface area contributed by atoms with E-state index < -0.39 is 10.0 Å². The minimum atomic E-state index is -3.54. The molecule has 0 saturated heterocycles. The molecule has 1 aromatic carbocycles. The van der Waals surface area contributed by atoms with E-state index in [1.165, 1.54) is 18.4 Å². The molecule has 1 aliphatic rings. The van der Waals surface area contributed by atoms with Crippen LogP contribution in [0.2, 0.25) is 0 Å². The first kappa shape index (κ1) is 17.4. The molecule has 24 heavy (non-hydrogen) atoms. The molecule has 1 heterocycles. The molecule has 130 valence electrons. The summed E-state index contributed by atoms with van der Waals surface area (Å²) in [6, 6.07) is 4.88. The van der Waals surface area contributed by atoms with Crippen LogP contribution in [0.5, 0.6) is 0 Å². The number of thiazole rings is 1. The highest BCUT2D eigenvalue weighted by molar-refractivity contribution is 7.89. The Labute approximate surface area is 146 Å². The summed E-state index contributed by atoms with van der Waals surface area (Å²) in [6.07, 6.45) is 7.60. The Balaban J connectivity index is 1.75. The van der Waals surface area contributed by atoms with Gasteiger partial charge >= 0.3 is 4.87 Å². The summed E-state index contributed by atoms with van der Waals surface area (Å²) in [6.45, 7) is 2.90. The minimum Gasteiger partial charge on any atom is -0.299 e. The van der Waals surface area contributed by atoms with Crippen LogP contribution in [0.1, 0.15) is 39.0 Å². The van der Waals surface area contributed by atoms with E-state index in [1.54, 1.807) is 22.8 Å². The quantitative estimate of drug-likeness (QED) is 0.798. The Hall–Kier alpha value is -1.44. The number of rotatable bonds is 6. The monoisotopic (exact) mass is 366 g/mol. The molecule has 0 fully saturated rings. The van der Waals surface area contributed by atoms with Crippen LogP contribution in [0.25, 0.3) is 10.2 Å². The lowest BCUT2D eigenvalue weighted by Gasteiger charge is -2.13. The van der Waals surface area contributed by atoms with Crippen LogP contribution in [-0.4, -0.2) is 19.5 Å². The maximum Gasteiger partial charge on any atom is 0.308 e. The predicted molar refractivity (Wildman–Crippen MR) is 98.1 cm³/mol. The molecular formula is C17H22N2O3S2. The van der Waals surface area contributed by atoms with E-state index in [1.807, 2.05) is 6.92 Å². The first-order valence-corrected chi connectivity index (χ1v) is 10.6. The lowest BCUT2D eigenvalue weighted by atomic mass is 9.97. The van der Waals surface area contributed by atoms with Gasteiger partial charge in [-0.1, -0.05) is 23.0 Å². The van der Waals surface area contributed by atoms with Gasteiger partial charge in [0.1, 0.15) is 0 Å². The smallest absolute Gasteiger partial charge is 0.299 e. The molecule has 5 nitrogen and oxygen atoms in total. The maximum absolute atomic E-state index is 12.5. The molecule has 0 amide bonds. The molecular weight excluding hydrogens is 344 g/mol. The molecule has 7 heteroatoms. The molecule has 0 atom stereocenters. The van der Waals surface area contributed by atoms with Crippen molar-refractivity contribution in [2.24, 2.45) is 0 Å². The fourth-order valence-electron chi connectivity index (χ4n) is 3.07. The third kappa shape index (κ3) is 3.63. The Kier molecular flexibility index (Phi) is 5.22. The summed E-state index contributed by atoms with van der Waals surface area (Å²) >= 11 is 1.09. The van der Waals surface area contributed by atoms with Crippen molar-refractivity contribution in [3.8, 4) is 0 Å². The van der Waals surface area contributed by atoms with Crippen LogP contribution in [0.15, 0.2) is 39.5 Å². The van der Waals surface area contributed by atoms with Crippen molar-refractivity contribution in [1.29, 1.82) is 0 Å². The Morgan fingerprint density at radius 2 is 2.12 bits per heavy atom. The van der Waals surface area contributed by atoms with Crippen LogP contribution in [-0.2, 0) is 16.6 Å². The highest BCUT2D eigenvalue weighted by Gasteiger charge is 2.16. The van der Waals surface area contributed by atoms with Crippen molar-refractivity contribution in [3.63, 3.8) is 0 Å². The number of fused-ring (bicyclic) bond motifs is 1. The van der Waals surface area contributed by atoms with Gasteiger partial charge in [0.25, 0.3) is 0 Å². The van der Waals surface area contributed by atoms with Gasteiger partial charge in [-0.25, -0.2) is 13.1 Å². The van der Waals surface area contributed by atoms with Gasteiger partial charge in [-0.15, -0.1) is 0 Å². The van der Waals surface area contributed by atoms with E-state index in [0.717, 1.165) is 36.1 Å². The fourth-order valence-corrected chi connectivity index (χ4v) is 5.20. The van der Waals surface area contributed by atoms with Crippen molar-refractivity contribution in [1.82, 2.24) is 9.29 Å². The van der Waals surface area contributed by atoms with Crippen molar-refractivity contribution in [3.05, 3.63) is 39.5 Å². The van der Waals surface area contributed by atoms with Gasteiger partial charge in [-0.2, -0.15) is 0 Å². The zero-order valence-electron chi connectivity index (χ0n) is 13.7. The number of aromatic nitrogens is 1. The van der Waals surface area contributed by atoms with Gasteiger partial charge < -0.3 is 0 Å². The first-order chi connectivity index (χ1) is 11.5. The van der Waals surface area contributed by atoms with E-state index in [-0.39, 0.29) is 9.77 Å². The average molecular weight is 367 g/mol. The second-order valence-corrected chi connectivity index (χ2v) is 8.76. The summed E-state index contributed by atoms with van der Waals surface area (Å²) in [4.78, 5) is 12.1. The van der Waals surface area contributed by atoms with Crippen LogP contribution in [0.4, 0.5) is 0 Å². The number of hydrogen-bond acceptors (Lipinski definition) is 4. The lowest BCUT2D eigenvalue weighted by molar-refractivity contribution is 0.579. The number of nitrogens with zero attached hydrogens (tertiary/aromatic N) is 1. The van der Waals surface area contributed by atoms with Gasteiger partial charge in [-0.3, -0.25) is 9.36 Å². The number of hydrogen-bond donors (Lipinski definition) is 1. The molecule has 0 radical (unpaired) electrons. The normalized spacial score (nSPS) is 15.6. The second kappa shape index (κ2) is 7.21. The van der Waals surface area contributed by atoms with E-state index in [9.17, 15) is 13.2 Å². The molecule has 3 rings (SSSR count). The summed E-state index contributed by atoms with van der Waals surface area (Å²) in [7, 11) is -3.54. The van der Waals surface area contributed by atoms with E-state index >= 15 is 0 Å². The number of sulfonamides is 1. The van der Waals surface area contributed by atoms with Crippen LogP contribution in [0.3, 0.4) is 0 Å². The Morgan fingerprint density at radius 1 is 1.29 bits per heavy atom. The Morgan fingerprint density at radius 3 is 2.83 bits per heavy atom. The third-order valence-corrected chi connectivity index (χ3v) is 6.79. The molecule has 0 bridgehead atoms. The molecule has 1 N–H and O–H groups in total. The minimum absolute atomic E-state index is 0.0563. The van der Waals surface area contributed by atoms with Crippen molar-refractivity contribution in [2.45, 2.75) is 50.5 Å². The lowest BCUT2D eigenvalue weighted by Crippen LogP contribution is -2.25. The number of benzene rings is 1. The van der Waals surface area contributed by atoms with Gasteiger partial charge in [0, 0.05) is 13.1 Å². The van der Waals surface area contributed by atoms with Gasteiger partial charge in [0.2, 0.25) is 10.0 Å². The number of allylic oxidation sites excluding steroid dienone is 1.